The Morgan fingerprint density at radius 3 is 2.75 bits per heavy atom. The van der Waals surface area contributed by atoms with Crippen molar-refractivity contribution in [3.05, 3.63) is 29.8 Å². The van der Waals surface area contributed by atoms with Crippen LogP contribution >= 0.6 is 0 Å². The summed E-state index contributed by atoms with van der Waals surface area (Å²) in [5.41, 5.74) is 0. The number of aliphatic hydroxyl groups excluding tert-OH is 1. The average Bonchev–Trinajstić information content (AvgIpc) is 2.17. The number of likely N-dealkylation sites (N-methyl/N-ethyl adjacent to an activating group) is 1. The molecule has 2 atom stereocenters. The van der Waals surface area contributed by atoms with E-state index in [1.165, 1.54) is 0 Å². The molecule has 3 nitrogen and oxygen atoms in total. The number of halogens is 2. The maximum Gasteiger partial charge on any atom is 0.142 e. The molecule has 0 fully saturated rings. The van der Waals surface area contributed by atoms with E-state index in [1.54, 1.807) is 7.05 Å². The Morgan fingerprint density at radius 1 is 1.50 bits per heavy atom. The van der Waals surface area contributed by atoms with Crippen molar-refractivity contribution in [2.45, 2.75) is 11.0 Å². The van der Waals surface area contributed by atoms with Crippen molar-refractivity contribution in [2.75, 3.05) is 19.3 Å². The monoisotopic (exact) mass is 249 g/mol. The Morgan fingerprint density at radius 2 is 2.19 bits per heavy atom. The molecule has 0 heterocycles. The summed E-state index contributed by atoms with van der Waals surface area (Å²) in [5.74, 6) is -1.65. The van der Waals surface area contributed by atoms with Gasteiger partial charge in [0.15, 0.2) is 0 Å². The molecule has 0 radical (unpaired) electrons. The van der Waals surface area contributed by atoms with Crippen LogP contribution in [0.3, 0.4) is 0 Å². The van der Waals surface area contributed by atoms with Gasteiger partial charge in [0, 0.05) is 12.6 Å². The molecular formula is C10H13F2NO2S. The first-order chi connectivity index (χ1) is 7.54. The number of hydrogen-bond acceptors (Lipinski definition) is 3. The zero-order chi connectivity index (χ0) is 12.1. The van der Waals surface area contributed by atoms with Crippen molar-refractivity contribution in [1.82, 2.24) is 5.32 Å². The SMILES string of the molecule is CNCC(O)CS(=O)c1ccc(F)cc1F. The topological polar surface area (TPSA) is 49.3 Å². The Labute approximate surface area is 94.9 Å². The van der Waals surface area contributed by atoms with Gasteiger partial charge in [0.25, 0.3) is 0 Å². The molecule has 1 aromatic carbocycles. The smallest absolute Gasteiger partial charge is 0.142 e. The van der Waals surface area contributed by atoms with E-state index < -0.39 is 28.5 Å². The fraction of sp³-hybridized carbons (Fsp3) is 0.400. The lowest BCUT2D eigenvalue weighted by molar-refractivity contribution is 0.198. The van der Waals surface area contributed by atoms with E-state index in [-0.39, 0.29) is 17.2 Å². The first-order valence-electron chi connectivity index (χ1n) is 4.70. The number of rotatable bonds is 5. The Bertz CT molecular complexity index is 387. The van der Waals surface area contributed by atoms with Crippen molar-refractivity contribution < 1.29 is 18.1 Å². The quantitative estimate of drug-likeness (QED) is 0.805. The second kappa shape index (κ2) is 6.03. The number of aliphatic hydroxyl groups is 1. The van der Waals surface area contributed by atoms with Gasteiger partial charge >= 0.3 is 0 Å². The van der Waals surface area contributed by atoms with Crippen LogP contribution in [0.15, 0.2) is 23.1 Å². The second-order valence-electron chi connectivity index (χ2n) is 3.30. The molecule has 1 aromatic rings. The minimum absolute atomic E-state index is 0.0800. The molecule has 2 N–H and O–H groups in total. The molecule has 0 aliphatic rings. The molecule has 16 heavy (non-hydrogen) atoms. The molecule has 0 saturated heterocycles. The summed E-state index contributed by atoms with van der Waals surface area (Å²) in [6.07, 6.45) is -0.824. The predicted octanol–water partition coefficient (Wildman–Crippen LogP) is 0.653. The Hall–Kier alpha value is -0.850. The number of benzene rings is 1. The van der Waals surface area contributed by atoms with Crippen molar-refractivity contribution in [3.63, 3.8) is 0 Å². The van der Waals surface area contributed by atoms with Gasteiger partial charge in [-0.2, -0.15) is 0 Å². The third kappa shape index (κ3) is 3.62. The normalized spacial score (nSPS) is 14.8. The van der Waals surface area contributed by atoms with Crippen LogP contribution in [0.25, 0.3) is 0 Å². The highest BCUT2D eigenvalue weighted by molar-refractivity contribution is 7.85. The van der Waals surface area contributed by atoms with Crippen molar-refractivity contribution in [1.29, 1.82) is 0 Å². The van der Waals surface area contributed by atoms with Gasteiger partial charge in [-0.05, 0) is 19.2 Å². The summed E-state index contributed by atoms with van der Waals surface area (Å²) in [7, 11) is -0.0230. The molecule has 0 bridgehead atoms. The standard InChI is InChI=1S/C10H13F2NO2S/c1-13-5-8(14)6-16(15)10-3-2-7(11)4-9(10)12/h2-4,8,13-14H,5-6H2,1H3. The number of hydrogen-bond donors (Lipinski definition) is 2. The summed E-state index contributed by atoms with van der Waals surface area (Å²) in [5, 5.41) is 12.1. The second-order valence-corrected chi connectivity index (χ2v) is 4.76. The summed E-state index contributed by atoms with van der Waals surface area (Å²) >= 11 is 0. The highest BCUT2D eigenvalue weighted by Crippen LogP contribution is 2.14. The molecular weight excluding hydrogens is 236 g/mol. The van der Waals surface area contributed by atoms with Crippen molar-refractivity contribution >= 4 is 10.8 Å². The molecule has 0 spiro atoms. The van der Waals surface area contributed by atoms with Crippen LogP contribution in [0, 0.1) is 11.6 Å². The van der Waals surface area contributed by atoms with E-state index in [9.17, 15) is 18.1 Å². The van der Waals surface area contributed by atoms with Gasteiger partial charge in [0.2, 0.25) is 0 Å². The first kappa shape index (κ1) is 13.2. The van der Waals surface area contributed by atoms with Gasteiger partial charge in [-0.3, -0.25) is 4.21 Å². The summed E-state index contributed by atoms with van der Waals surface area (Å²) in [6, 6.07) is 2.85. The molecule has 0 saturated carbocycles. The Kier molecular flexibility index (Phi) is 4.98. The lowest BCUT2D eigenvalue weighted by atomic mass is 10.3. The molecule has 1 rings (SSSR count). The van der Waals surface area contributed by atoms with Crippen LogP contribution in [0.2, 0.25) is 0 Å². The minimum atomic E-state index is -1.67. The van der Waals surface area contributed by atoms with E-state index in [4.69, 9.17) is 0 Å². The fourth-order valence-corrected chi connectivity index (χ4v) is 2.36. The van der Waals surface area contributed by atoms with Gasteiger partial charge in [-0.25, -0.2) is 8.78 Å². The summed E-state index contributed by atoms with van der Waals surface area (Å²) in [4.78, 5) is -0.0865. The summed E-state index contributed by atoms with van der Waals surface area (Å²) < 4.78 is 37.4. The van der Waals surface area contributed by atoms with Gasteiger partial charge in [-0.15, -0.1) is 0 Å². The summed E-state index contributed by atoms with van der Waals surface area (Å²) in [6.45, 7) is 0.272. The molecule has 0 aromatic heterocycles. The lowest BCUT2D eigenvalue weighted by Crippen LogP contribution is -2.28. The van der Waals surface area contributed by atoms with Crippen LogP contribution in [0.1, 0.15) is 0 Å². The van der Waals surface area contributed by atoms with Crippen molar-refractivity contribution in [2.24, 2.45) is 0 Å². The number of nitrogens with one attached hydrogen (secondary N) is 1. The average molecular weight is 249 g/mol. The van der Waals surface area contributed by atoms with Crippen LogP contribution in [-0.4, -0.2) is 34.8 Å². The Balaban J connectivity index is 2.73. The molecule has 2 unspecified atom stereocenters. The maximum atomic E-state index is 13.2. The largest absolute Gasteiger partial charge is 0.391 e. The molecule has 6 heteroatoms. The minimum Gasteiger partial charge on any atom is -0.391 e. The van der Waals surface area contributed by atoms with Crippen LogP contribution in [0.4, 0.5) is 8.78 Å². The highest BCUT2D eigenvalue weighted by atomic mass is 32.2. The van der Waals surface area contributed by atoms with E-state index >= 15 is 0 Å². The van der Waals surface area contributed by atoms with E-state index in [2.05, 4.69) is 5.32 Å². The van der Waals surface area contributed by atoms with Crippen molar-refractivity contribution in [3.8, 4) is 0 Å². The zero-order valence-electron chi connectivity index (χ0n) is 8.74. The van der Waals surface area contributed by atoms with Gasteiger partial charge in [-0.1, -0.05) is 0 Å². The highest BCUT2D eigenvalue weighted by Gasteiger charge is 2.14. The zero-order valence-corrected chi connectivity index (χ0v) is 9.56. The fourth-order valence-electron chi connectivity index (χ4n) is 1.22. The van der Waals surface area contributed by atoms with E-state index in [0.29, 0.717) is 6.07 Å². The van der Waals surface area contributed by atoms with E-state index in [0.717, 1.165) is 12.1 Å². The molecule has 0 aliphatic carbocycles. The maximum absolute atomic E-state index is 13.2. The van der Waals surface area contributed by atoms with Crippen LogP contribution in [-0.2, 0) is 10.8 Å². The molecule has 90 valence electrons. The third-order valence-electron chi connectivity index (χ3n) is 1.92. The molecule has 0 amide bonds. The predicted molar refractivity (Wildman–Crippen MR) is 57.6 cm³/mol. The first-order valence-corrected chi connectivity index (χ1v) is 6.02. The van der Waals surface area contributed by atoms with Crippen LogP contribution in [0.5, 0.6) is 0 Å². The third-order valence-corrected chi connectivity index (χ3v) is 3.43. The van der Waals surface area contributed by atoms with Gasteiger partial charge in [0.05, 0.1) is 27.6 Å². The van der Waals surface area contributed by atoms with E-state index in [1.807, 2.05) is 0 Å². The molecule has 0 aliphatic heterocycles. The van der Waals surface area contributed by atoms with Gasteiger partial charge < -0.3 is 10.4 Å². The van der Waals surface area contributed by atoms with Crippen LogP contribution < -0.4 is 5.32 Å². The lowest BCUT2D eigenvalue weighted by Gasteiger charge is -2.09. The van der Waals surface area contributed by atoms with Gasteiger partial charge in [0.1, 0.15) is 11.6 Å².